The minimum Gasteiger partial charge on any atom is -0.392 e. The molecule has 2 atom stereocenters. The highest BCUT2D eigenvalue weighted by atomic mass is 16.3. The van der Waals surface area contributed by atoms with Crippen molar-refractivity contribution >= 4 is 0 Å². The Balaban J connectivity index is 2.14. The lowest BCUT2D eigenvalue weighted by molar-refractivity contribution is 0.152. The van der Waals surface area contributed by atoms with Crippen molar-refractivity contribution < 1.29 is 5.11 Å². The summed E-state index contributed by atoms with van der Waals surface area (Å²) in [5.74, 6) is 0. The summed E-state index contributed by atoms with van der Waals surface area (Å²) >= 11 is 0. The number of aromatic nitrogens is 2. The van der Waals surface area contributed by atoms with Crippen LogP contribution in [-0.2, 0) is 6.54 Å². The van der Waals surface area contributed by atoms with E-state index in [1.54, 1.807) is 13.1 Å². The second-order valence-electron chi connectivity index (χ2n) is 3.25. The molecule has 1 rings (SSSR count). The predicted octanol–water partition coefficient (Wildman–Crippen LogP) is 0.242. The van der Waals surface area contributed by atoms with Gasteiger partial charge < -0.3 is 10.4 Å². The highest BCUT2D eigenvalue weighted by molar-refractivity contribution is 4.78. The molecule has 0 amide bonds. The lowest BCUT2D eigenvalue weighted by Gasteiger charge is -2.16. The quantitative estimate of drug-likeness (QED) is 0.687. The molecule has 0 bridgehead atoms. The summed E-state index contributed by atoms with van der Waals surface area (Å²) in [5, 5.41) is 16.5. The normalized spacial score (nSPS) is 15.6. The SMILES string of the molecule is CC(O)C(C)NCCn1cccn1. The first kappa shape index (κ1) is 10.2. The Labute approximate surface area is 78.6 Å². The maximum absolute atomic E-state index is 9.19. The van der Waals surface area contributed by atoms with Gasteiger partial charge in [0, 0.05) is 25.0 Å². The molecule has 0 aromatic carbocycles. The zero-order valence-electron chi connectivity index (χ0n) is 8.14. The third kappa shape index (κ3) is 3.57. The second-order valence-corrected chi connectivity index (χ2v) is 3.25. The summed E-state index contributed by atoms with van der Waals surface area (Å²) < 4.78 is 1.86. The molecule has 0 aliphatic heterocycles. The summed E-state index contributed by atoms with van der Waals surface area (Å²) in [4.78, 5) is 0. The minimum atomic E-state index is -0.308. The van der Waals surface area contributed by atoms with Crippen LogP contribution in [0.3, 0.4) is 0 Å². The topological polar surface area (TPSA) is 50.1 Å². The summed E-state index contributed by atoms with van der Waals surface area (Å²) in [6.45, 7) is 5.41. The van der Waals surface area contributed by atoms with Gasteiger partial charge in [-0.3, -0.25) is 4.68 Å². The van der Waals surface area contributed by atoms with E-state index in [0.29, 0.717) is 0 Å². The Hall–Kier alpha value is -0.870. The van der Waals surface area contributed by atoms with E-state index in [0.717, 1.165) is 13.1 Å². The summed E-state index contributed by atoms with van der Waals surface area (Å²) in [6, 6.07) is 2.04. The van der Waals surface area contributed by atoms with Crippen molar-refractivity contribution in [2.24, 2.45) is 0 Å². The zero-order chi connectivity index (χ0) is 9.68. The van der Waals surface area contributed by atoms with Crippen molar-refractivity contribution in [1.29, 1.82) is 0 Å². The first-order valence-corrected chi connectivity index (χ1v) is 4.59. The van der Waals surface area contributed by atoms with Crippen LogP contribution in [0.25, 0.3) is 0 Å². The van der Waals surface area contributed by atoms with Gasteiger partial charge in [-0.2, -0.15) is 5.10 Å². The lowest BCUT2D eigenvalue weighted by atomic mass is 10.2. The molecule has 2 unspecified atom stereocenters. The molecule has 1 aromatic rings. The van der Waals surface area contributed by atoms with Gasteiger partial charge in [0.2, 0.25) is 0 Å². The molecular weight excluding hydrogens is 166 g/mol. The van der Waals surface area contributed by atoms with Crippen molar-refractivity contribution in [3.8, 4) is 0 Å². The van der Waals surface area contributed by atoms with Gasteiger partial charge >= 0.3 is 0 Å². The number of nitrogens with zero attached hydrogens (tertiary/aromatic N) is 2. The smallest absolute Gasteiger partial charge is 0.0662 e. The summed E-state index contributed by atoms with van der Waals surface area (Å²) in [5.41, 5.74) is 0. The number of rotatable bonds is 5. The largest absolute Gasteiger partial charge is 0.392 e. The molecule has 0 radical (unpaired) electrons. The molecule has 0 fully saturated rings. The van der Waals surface area contributed by atoms with Gasteiger partial charge in [-0.1, -0.05) is 0 Å². The number of nitrogens with one attached hydrogen (secondary N) is 1. The van der Waals surface area contributed by atoms with E-state index < -0.39 is 0 Å². The standard InChI is InChI=1S/C9H17N3O/c1-8(9(2)13)10-5-7-12-6-3-4-11-12/h3-4,6,8-10,13H,5,7H2,1-2H3. The van der Waals surface area contributed by atoms with Gasteiger partial charge in [0.1, 0.15) is 0 Å². The molecule has 4 heteroatoms. The van der Waals surface area contributed by atoms with E-state index in [4.69, 9.17) is 0 Å². The molecule has 1 aromatic heterocycles. The van der Waals surface area contributed by atoms with Gasteiger partial charge in [-0.15, -0.1) is 0 Å². The van der Waals surface area contributed by atoms with Gasteiger partial charge in [0.15, 0.2) is 0 Å². The van der Waals surface area contributed by atoms with Crippen LogP contribution in [0.4, 0.5) is 0 Å². The van der Waals surface area contributed by atoms with Gasteiger partial charge in [0.25, 0.3) is 0 Å². The molecule has 2 N–H and O–H groups in total. The predicted molar refractivity (Wildman–Crippen MR) is 51.4 cm³/mol. The van der Waals surface area contributed by atoms with Crippen molar-refractivity contribution in [1.82, 2.24) is 15.1 Å². The van der Waals surface area contributed by atoms with E-state index in [1.807, 2.05) is 23.9 Å². The molecule has 0 saturated carbocycles. The first-order valence-electron chi connectivity index (χ1n) is 4.59. The van der Waals surface area contributed by atoms with Crippen molar-refractivity contribution in [3.63, 3.8) is 0 Å². The van der Waals surface area contributed by atoms with E-state index in [1.165, 1.54) is 0 Å². The molecular formula is C9H17N3O. The third-order valence-corrected chi connectivity index (χ3v) is 2.09. The molecule has 0 spiro atoms. The minimum absolute atomic E-state index is 0.135. The van der Waals surface area contributed by atoms with Gasteiger partial charge in [0.05, 0.1) is 12.6 Å². The monoisotopic (exact) mass is 183 g/mol. The van der Waals surface area contributed by atoms with Crippen molar-refractivity contribution in [2.75, 3.05) is 6.54 Å². The van der Waals surface area contributed by atoms with Crippen LogP contribution in [0.2, 0.25) is 0 Å². The Kier molecular flexibility index (Phi) is 3.92. The van der Waals surface area contributed by atoms with Crippen molar-refractivity contribution in [2.45, 2.75) is 32.5 Å². The Bertz CT molecular complexity index is 221. The molecule has 0 aliphatic carbocycles. The lowest BCUT2D eigenvalue weighted by Crippen LogP contribution is -2.37. The summed E-state index contributed by atoms with van der Waals surface area (Å²) in [6.07, 6.45) is 3.38. The second kappa shape index (κ2) is 4.99. The summed E-state index contributed by atoms with van der Waals surface area (Å²) in [7, 11) is 0. The fourth-order valence-electron chi connectivity index (χ4n) is 1.01. The van der Waals surface area contributed by atoms with Crippen LogP contribution < -0.4 is 5.32 Å². The maximum Gasteiger partial charge on any atom is 0.0662 e. The fraction of sp³-hybridized carbons (Fsp3) is 0.667. The molecule has 4 nitrogen and oxygen atoms in total. The van der Waals surface area contributed by atoms with Gasteiger partial charge in [-0.05, 0) is 19.9 Å². The van der Waals surface area contributed by atoms with Crippen LogP contribution in [0, 0.1) is 0 Å². The average molecular weight is 183 g/mol. The highest BCUT2D eigenvalue weighted by Gasteiger charge is 2.06. The van der Waals surface area contributed by atoms with E-state index in [2.05, 4.69) is 10.4 Å². The third-order valence-electron chi connectivity index (χ3n) is 2.09. The Morgan fingerprint density at radius 3 is 2.85 bits per heavy atom. The zero-order valence-corrected chi connectivity index (χ0v) is 8.14. The Morgan fingerprint density at radius 2 is 2.31 bits per heavy atom. The van der Waals surface area contributed by atoms with E-state index in [-0.39, 0.29) is 12.1 Å². The molecule has 74 valence electrons. The number of aliphatic hydroxyl groups excluding tert-OH is 1. The van der Waals surface area contributed by atoms with Crippen LogP contribution in [0.15, 0.2) is 18.5 Å². The van der Waals surface area contributed by atoms with Crippen LogP contribution >= 0.6 is 0 Å². The number of aliphatic hydroxyl groups is 1. The first-order chi connectivity index (χ1) is 6.20. The molecule has 0 saturated heterocycles. The molecule has 13 heavy (non-hydrogen) atoms. The van der Waals surface area contributed by atoms with Crippen LogP contribution in [-0.4, -0.2) is 33.6 Å². The number of hydrogen-bond acceptors (Lipinski definition) is 3. The highest BCUT2D eigenvalue weighted by Crippen LogP contribution is 1.90. The van der Waals surface area contributed by atoms with E-state index >= 15 is 0 Å². The molecule has 1 heterocycles. The van der Waals surface area contributed by atoms with Gasteiger partial charge in [-0.25, -0.2) is 0 Å². The number of hydrogen-bond donors (Lipinski definition) is 2. The Morgan fingerprint density at radius 1 is 1.54 bits per heavy atom. The maximum atomic E-state index is 9.19. The van der Waals surface area contributed by atoms with E-state index in [9.17, 15) is 5.11 Å². The fourth-order valence-corrected chi connectivity index (χ4v) is 1.01. The molecule has 0 aliphatic rings. The van der Waals surface area contributed by atoms with Crippen LogP contribution in [0.5, 0.6) is 0 Å². The van der Waals surface area contributed by atoms with Crippen LogP contribution in [0.1, 0.15) is 13.8 Å². The average Bonchev–Trinajstić information content (AvgIpc) is 2.56. The van der Waals surface area contributed by atoms with Crippen molar-refractivity contribution in [3.05, 3.63) is 18.5 Å².